The number of ether oxygens (including phenoxy) is 2. The van der Waals surface area contributed by atoms with Crippen molar-refractivity contribution in [1.29, 1.82) is 0 Å². The van der Waals surface area contributed by atoms with E-state index in [4.69, 9.17) is 9.47 Å². The Kier molecular flexibility index (Phi) is 5.43. The van der Waals surface area contributed by atoms with Crippen LogP contribution >= 0.6 is 0 Å². The van der Waals surface area contributed by atoms with Crippen LogP contribution in [0, 0.1) is 0 Å². The number of benzene rings is 1. The molecule has 2 aromatic heterocycles. The molecular weight excluding hydrogens is 356 g/mol. The summed E-state index contributed by atoms with van der Waals surface area (Å²) in [5, 5.41) is 0.958. The molecule has 146 valence electrons. The van der Waals surface area contributed by atoms with Crippen molar-refractivity contribution in [3.63, 3.8) is 0 Å². The summed E-state index contributed by atoms with van der Waals surface area (Å²) in [4.78, 5) is 24.3. The molecule has 7 heteroatoms. The number of nitrogens with zero attached hydrogens (tertiary/aromatic N) is 3. The van der Waals surface area contributed by atoms with Crippen LogP contribution in [0.2, 0.25) is 0 Å². The van der Waals surface area contributed by atoms with Crippen molar-refractivity contribution >= 4 is 16.8 Å². The largest absolute Gasteiger partial charge is 0.497 e. The smallest absolute Gasteiger partial charge is 0.270 e. The average Bonchev–Trinajstić information content (AvgIpc) is 3.18. The predicted octanol–water partition coefficient (Wildman–Crippen LogP) is 2.41. The van der Waals surface area contributed by atoms with Crippen molar-refractivity contribution < 1.29 is 14.3 Å². The average molecular weight is 380 g/mol. The molecule has 28 heavy (non-hydrogen) atoms. The fourth-order valence-electron chi connectivity index (χ4n) is 3.42. The van der Waals surface area contributed by atoms with Gasteiger partial charge in [0, 0.05) is 62.1 Å². The van der Waals surface area contributed by atoms with E-state index in [1.807, 2.05) is 41.3 Å². The Hall–Kier alpha value is -3.06. The molecule has 1 saturated heterocycles. The van der Waals surface area contributed by atoms with Gasteiger partial charge < -0.3 is 19.4 Å². The number of carbonyl (C=O) groups is 1. The first-order chi connectivity index (χ1) is 13.7. The molecule has 0 radical (unpaired) electrons. The van der Waals surface area contributed by atoms with Crippen molar-refractivity contribution in [3.8, 4) is 11.5 Å². The zero-order valence-electron chi connectivity index (χ0n) is 15.9. The summed E-state index contributed by atoms with van der Waals surface area (Å²) in [7, 11) is 1.65. The number of amides is 1. The van der Waals surface area contributed by atoms with E-state index in [1.165, 1.54) is 0 Å². The SMILES string of the molecule is COc1cccc(OCCN2CCN(C(=O)c3cc4cnccc4[nH]3)CC2)c1. The highest BCUT2D eigenvalue weighted by molar-refractivity contribution is 5.97. The molecule has 3 heterocycles. The lowest BCUT2D eigenvalue weighted by Crippen LogP contribution is -2.49. The van der Waals surface area contributed by atoms with E-state index in [2.05, 4.69) is 14.9 Å². The third-order valence-corrected chi connectivity index (χ3v) is 5.03. The highest BCUT2D eigenvalue weighted by atomic mass is 16.5. The zero-order chi connectivity index (χ0) is 19.3. The molecule has 3 aromatic rings. The zero-order valence-corrected chi connectivity index (χ0v) is 15.9. The monoisotopic (exact) mass is 380 g/mol. The highest BCUT2D eigenvalue weighted by Crippen LogP contribution is 2.19. The lowest BCUT2D eigenvalue weighted by molar-refractivity contribution is 0.0615. The Morgan fingerprint density at radius 2 is 1.96 bits per heavy atom. The van der Waals surface area contributed by atoms with Crippen LogP contribution in [0.1, 0.15) is 10.5 Å². The van der Waals surface area contributed by atoms with Gasteiger partial charge in [-0.1, -0.05) is 6.07 Å². The quantitative estimate of drug-likeness (QED) is 0.711. The van der Waals surface area contributed by atoms with Crippen molar-refractivity contribution in [2.45, 2.75) is 0 Å². The molecule has 1 N–H and O–H groups in total. The van der Waals surface area contributed by atoms with Crippen LogP contribution in [0.3, 0.4) is 0 Å². The molecule has 1 aromatic carbocycles. The van der Waals surface area contributed by atoms with Crippen LogP contribution in [0.25, 0.3) is 10.9 Å². The van der Waals surface area contributed by atoms with Crippen LogP contribution in [0.4, 0.5) is 0 Å². The third-order valence-electron chi connectivity index (χ3n) is 5.03. The van der Waals surface area contributed by atoms with E-state index >= 15 is 0 Å². The van der Waals surface area contributed by atoms with Gasteiger partial charge in [0.1, 0.15) is 23.8 Å². The predicted molar refractivity (Wildman–Crippen MR) is 107 cm³/mol. The summed E-state index contributed by atoms with van der Waals surface area (Å²) < 4.78 is 11.0. The number of piperazine rings is 1. The number of methoxy groups -OCH3 is 1. The van der Waals surface area contributed by atoms with Crippen molar-refractivity contribution in [3.05, 3.63) is 54.5 Å². The van der Waals surface area contributed by atoms with Crippen LogP contribution < -0.4 is 9.47 Å². The highest BCUT2D eigenvalue weighted by Gasteiger charge is 2.23. The normalized spacial score (nSPS) is 15.0. The van der Waals surface area contributed by atoms with E-state index in [9.17, 15) is 4.79 Å². The van der Waals surface area contributed by atoms with Crippen LogP contribution in [0.5, 0.6) is 11.5 Å². The minimum Gasteiger partial charge on any atom is -0.497 e. The summed E-state index contributed by atoms with van der Waals surface area (Å²) >= 11 is 0. The molecule has 4 rings (SSSR count). The van der Waals surface area contributed by atoms with Crippen molar-refractivity contribution in [2.24, 2.45) is 0 Å². The van der Waals surface area contributed by atoms with Gasteiger partial charge in [0.15, 0.2) is 0 Å². The van der Waals surface area contributed by atoms with Crippen LogP contribution in [0.15, 0.2) is 48.8 Å². The number of carbonyl (C=O) groups excluding carboxylic acids is 1. The molecule has 1 aliphatic rings. The molecule has 0 spiro atoms. The number of hydrogen-bond acceptors (Lipinski definition) is 5. The summed E-state index contributed by atoms with van der Waals surface area (Å²) in [6, 6.07) is 11.4. The molecule has 0 saturated carbocycles. The Morgan fingerprint density at radius 1 is 1.14 bits per heavy atom. The van der Waals surface area contributed by atoms with E-state index in [0.717, 1.165) is 42.0 Å². The Bertz CT molecular complexity index is 914. The molecule has 0 unspecified atom stereocenters. The van der Waals surface area contributed by atoms with E-state index in [0.29, 0.717) is 25.4 Å². The van der Waals surface area contributed by atoms with Gasteiger partial charge in [0.25, 0.3) is 5.91 Å². The lowest BCUT2D eigenvalue weighted by Gasteiger charge is -2.34. The second kappa shape index (κ2) is 8.31. The maximum atomic E-state index is 12.8. The second-order valence-electron chi connectivity index (χ2n) is 6.81. The number of hydrogen-bond donors (Lipinski definition) is 1. The van der Waals surface area contributed by atoms with Gasteiger partial charge in [-0.2, -0.15) is 0 Å². The summed E-state index contributed by atoms with van der Waals surface area (Å²) in [6.45, 7) is 4.55. The van der Waals surface area contributed by atoms with Crippen molar-refractivity contribution in [1.82, 2.24) is 19.8 Å². The van der Waals surface area contributed by atoms with Gasteiger partial charge in [0.05, 0.1) is 7.11 Å². The van der Waals surface area contributed by atoms with Gasteiger partial charge in [0.2, 0.25) is 0 Å². The van der Waals surface area contributed by atoms with Gasteiger partial charge in [-0.05, 0) is 24.3 Å². The second-order valence-corrected chi connectivity index (χ2v) is 6.81. The molecule has 0 atom stereocenters. The molecule has 1 aliphatic heterocycles. The van der Waals surface area contributed by atoms with Gasteiger partial charge in [-0.15, -0.1) is 0 Å². The number of aromatic amines is 1. The minimum atomic E-state index is 0.0449. The molecule has 1 fully saturated rings. The minimum absolute atomic E-state index is 0.0449. The number of H-pyrrole nitrogens is 1. The maximum Gasteiger partial charge on any atom is 0.270 e. The fraction of sp³-hybridized carbons (Fsp3) is 0.333. The summed E-state index contributed by atoms with van der Waals surface area (Å²) in [5.41, 5.74) is 1.56. The Balaban J connectivity index is 1.25. The van der Waals surface area contributed by atoms with Gasteiger partial charge in [-0.3, -0.25) is 14.7 Å². The molecule has 0 bridgehead atoms. The molecule has 1 amide bonds. The third kappa shape index (κ3) is 4.09. The van der Waals surface area contributed by atoms with Gasteiger partial charge in [-0.25, -0.2) is 0 Å². The van der Waals surface area contributed by atoms with Crippen LogP contribution in [-0.2, 0) is 0 Å². The number of rotatable bonds is 6. The standard InChI is InChI=1S/C21H24N4O3/c1-27-17-3-2-4-18(14-17)28-12-11-24-7-9-25(10-8-24)21(26)20-13-16-15-22-6-5-19(16)23-20/h2-6,13-15,23H,7-12H2,1H3. The van der Waals surface area contributed by atoms with Crippen molar-refractivity contribution in [2.75, 3.05) is 46.4 Å². The topological polar surface area (TPSA) is 70.7 Å². The maximum absolute atomic E-state index is 12.8. The molecule has 0 aliphatic carbocycles. The summed E-state index contributed by atoms with van der Waals surface area (Å²) in [6.07, 6.45) is 3.49. The Labute approximate surface area is 163 Å². The van der Waals surface area contributed by atoms with E-state index in [1.54, 1.807) is 19.5 Å². The van der Waals surface area contributed by atoms with Gasteiger partial charge >= 0.3 is 0 Å². The Morgan fingerprint density at radius 3 is 2.75 bits per heavy atom. The summed E-state index contributed by atoms with van der Waals surface area (Å²) in [5.74, 6) is 1.64. The fourth-order valence-corrected chi connectivity index (χ4v) is 3.42. The number of pyridine rings is 1. The first kappa shape index (κ1) is 18.3. The van der Waals surface area contributed by atoms with E-state index < -0.39 is 0 Å². The lowest BCUT2D eigenvalue weighted by atomic mass is 10.2. The molecule has 7 nitrogen and oxygen atoms in total. The number of fused-ring (bicyclic) bond motifs is 1. The number of nitrogens with one attached hydrogen (secondary N) is 1. The molecular formula is C21H24N4O3. The first-order valence-electron chi connectivity index (χ1n) is 9.44. The van der Waals surface area contributed by atoms with Crippen LogP contribution in [-0.4, -0.2) is 72.1 Å². The number of aromatic nitrogens is 2. The first-order valence-corrected chi connectivity index (χ1v) is 9.44. The van der Waals surface area contributed by atoms with E-state index in [-0.39, 0.29) is 5.91 Å².